The van der Waals surface area contributed by atoms with Crippen LogP contribution in [0.4, 0.5) is 0 Å². The zero-order chi connectivity index (χ0) is 45.3. The minimum absolute atomic E-state index is 0.0238. The van der Waals surface area contributed by atoms with Gasteiger partial charge in [0.05, 0.1) is 18.8 Å². The Balaban J connectivity index is 2.62. The van der Waals surface area contributed by atoms with Crippen molar-refractivity contribution in [3.05, 3.63) is 72.9 Å². The molecule has 16 heteroatoms. The van der Waals surface area contributed by atoms with Crippen molar-refractivity contribution >= 4 is 19.8 Å². The Morgan fingerprint density at radius 2 is 1.16 bits per heavy atom. The SMILES string of the molecule is CCC/C=C\C/C=C\CCCCCCCC(=O)O[C@H](COC(=O)CCC[C@H](O)\C=C/C=C/C=C/[C@H](O)C/C=C\CCCCC)COP(=O)(O)OC1[C@H](O)[C@H](O)C(O)[C@H](O)[C@H]1O. The molecule has 1 aliphatic carbocycles. The summed E-state index contributed by atoms with van der Waals surface area (Å²) < 4.78 is 33.3. The standard InChI is InChI=1S/C45H75O15P/c1-3-5-7-9-11-12-13-14-15-16-17-19-25-31-39(49)59-37(34-58-61(55,56)60-45-43(53)41(51)40(50)42(52)44(45)54)33-57-38(48)32-26-30-36(47)29-24-21-20-23-28-35(46)27-22-18-10-8-6-4-2/h7,9,12-13,18,20-24,28-29,35-37,40-47,50-54H,3-6,8,10-11,14-17,19,25-27,30-34H2,1-2H3,(H,55,56)/b9-7-,13-12-,21-20+,22-18-,28-23+,29-24-/t35-,36-,37-,40?,41-,42+,43-,44-,45?/m1/s1. The average Bonchev–Trinajstić information content (AvgIpc) is 3.23. The zero-order valence-electron chi connectivity index (χ0n) is 36.1. The number of aliphatic hydroxyl groups is 7. The van der Waals surface area contributed by atoms with E-state index in [0.717, 1.165) is 64.2 Å². The molecule has 3 unspecified atom stereocenters. The van der Waals surface area contributed by atoms with Crippen LogP contribution in [0.5, 0.6) is 0 Å². The van der Waals surface area contributed by atoms with Gasteiger partial charge < -0.3 is 50.1 Å². The van der Waals surface area contributed by atoms with E-state index in [2.05, 4.69) is 44.2 Å². The molecule has 1 fully saturated rings. The Labute approximate surface area is 362 Å². The third kappa shape index (κ3) is 27.8. The summed E-state index contributed by atoms with van der Waals surface area (Å²) in [6, 6.07) is 0. The molecule has 0 spiro atoms. The van der Waals surface area contributed by atoms with Crippen molar-refractivity contribution in [1.82, 2.24) is 0 Å². The Kier molecular flexibility index (Phi) is 32.0. The van der Waals surface area contributed by atoms with Gasteiger partial charge in [-0.2, -0.15) is 0 Å². The van der Waals surface area contributed by atoms with Crippen molar-refractivity contribution in [2.45, 2.75) is 184 Å². The second-order valence-corrected chi connectivity index (χ2v) is 16.6. The van der Waals surface area contributed by atoms with Gasteiger partial charge in [0.1, 0.15) is 43.2 Å². The second kappa shape index (κ2) is 34.7. The van der Waals surface area contributed by atoms with Crippen molar-refractivity contribution < 1.29 is 73.3 Å². The summed E-state index contributed by atoms with van der Waals surface area (Å²) in [6.07, 6.45) is 21.5. The number of phosphoric ester groups is 1. The number of carbonyl (C=O) groups is 2. The lowest BCUT2D eigenvalue weighted by molar-refractivity contribution is -0.220. The number of allylic oxidation sites excluding steroid dienone is 9. The van der Waals surface area contributed by atoms with Crippen LogP contribution in [-0.2, 0) is 32.7 Å². The molecule has 0 aromatic carbocycles. The van der Waals surface area contributed by atoms with E-state index in [1.165, 1.54) is 12.8 Å². The number of aliphatic hydroxyl groups excluding tert-OH is 7. The molecular weight excluding hydrogens is 811 g/mol. The summed E-state index contributed by atoms with van der Waals surface area (Å²) in [5.74, 6) is -1.37. The molecule has 0 aromatic heterocycles. The highest BCUT2D eigenvalue weighted by molar-refractivity contribution is 7.47. The first kappa shape index (κ1) is 56.2. The lowest BCUT2D eigenvalue weighted by Crippen LogP contribution is -2.64. The highest BCUT2D eigenvalue weighted by Crippen LogP contribution is 2.47. The van der Waals surface area contributed by atoms with E-state index in [4.69, 9.17) is 18.5 Å². The molecule has 10 atom stereocenters. The zero-order valence-corrected chi connectivity index (χ0v) is 37.0. The molecule has 1 aliphatic rings. The summed E-state index contributed by atoms with van der Waals surface area (Å²) in [6.45, 7) is 2.92. The highest BCUT2D eigenvalue weighted by atomic mass is 31.2. The Morgan fingerprint density at radius 1 is 0.607 bits per heavy atom. The van der Waals surface area contributed by atoms with Crippen LogP contribution in [0.1, 0.15) is 129 Å². The molecule has 15 nitrogen and oxygen atoms in total. The smallest absolute Gasteiger partial charge is 0.462 e. The van der Waals surface area contributed by atoms with Crippen molar-refractivity contribution in [2.24, 2.45) is 0 Å². The number of unbranched alkanes of at least 4 members (excludes halogenated alkanes) is 9. The van der Waals surface area contributed by atoms with Crippen LogP contribution < -0.4 is 0 Å². The molecule has 0 bridgehead atoms. The number of phosphoric acid groups is 1. The van der Waals surface area contributed by atoms with Crippen molar-refractivity contribution in [2.75, 3.05) is 13.2 Å². The Hall–Kier alpha value is -2.79. The van der Waals surface area contributed by atoms with Crippen molar-refractivity contribution in [3.63, 3.8) is 0 Å². The largest absolute Gasteiger partial charge is 0.472 e. The molecule has 1 saturated carbocycles. The molecule has 0 heterocycles. The first-order chi connectivity index (χ1) is 29.2. The first-order valence-electron chi connectivity index (χ1n) is 22.0. The molecule has 0 amide bonds. The molecule has 0 saturated heterocycles. The molecule has 61 heavy (non-hydrogen) atoms. The predicted octanol–water partition coefficient (Wildman–Crippen LogP) is 5.88. The van der Waals surface area contributed by atoms with Gasteiger partial charge in [-0.05, 0) is 64.2 Å². The van der Waals surface area contributed by atoms with E-state index < -0.39 is 87.9 Å². The summed E-state index contributed by atoms with van der Waals surface area (Å²) in [4.78, 5) is 35.6. The third-order valence-electron chi connectivity index (χ3n) is 9.69. The summed E-state index contributed by atoms with van der Waals surface area (Å²) in [5.41, 5.74) is 0. The van der Waals surface area contributed by atoms with Crippen LogP contribution in [0.15, 0.2) is 72.9 Å². The van der Waals surface area contributed by atoms with E-state index in [9.17, 15) is 54.8 Å². The Bertz CT molecular complexity index is 1380. The number of hydrogen-bond donors (Lipinski definition) is 8. The van der Waals surface area contributed by atoms with E-state index >= 15 is 0 Å². The van der Waals surface area contributed by atoms with Crippen LogP contribution >= 0.6 is 7.82 Å². The molecular formula is C45H75O15P. The van der Waals surface area contributed by atoms with E-state index in [0.29, 0.717) is 12.8 Å². The maximum Gasteiger partial charge on any atom is 0.472 e. The van der Waals surface area contributed by atoms with Gasteiger partial charge in [0.2, 0.25) is 0 Å². The van der Waals surface area contributed by atoms with E-state index in [1.54, 1.807) is 36.5 Å². The third-order valence-corrected chi connectivity index (χ3v) is 10.7. The quantitative estimate of drug-likeness (QED) is 0.0124. The lowest BCUT2D eigenvalue weighted by Gasteiger charge is -2.41. The predicted molar refractivity (Wildman–Crippen MR) is 233 cm³/mol. The monoisotopic (exact) mass is 886 g/mol. The van der Waals surface area contributed by atoms with Gasteiger partial charge >= 0.3 is 19.8 Å². The molecule has 8 N–H and O–H groups in total. The summed E-state index contributed by atoms with van der Waals surface area (Å²) in [5, 5.41) is 70.4. The van der Waals surface area contributed by atoms with Crippen LogP contribution in [0.3, 0.4) is 0 Å². The molecule has 0 aliphatic heterocycles. The van der Waals surface area contributed by atoms with Gasteiger partial charge in [-0.15, -0.1) is 0 Å². The fourth-order valence-electron chi connectivity index (χ4n) is 6.05. The maximum atomic E-state index is 12.8. The normalized spacial score (nSPS) is 23.8. The maximum absolute atomic E-state index is 12.8. The van der Waals surface area contributed by atoms with Crippen molar-refractivity contribution in [3.8, 4) is 0 Å². The summed E-state index contributed by atoms with van der Waals surface area (Å²) in [7, 11) is -5.18. The van der Waals surface area contributed by atoms with E-state index in [-0.39, 0.29) is 25.7 Å². The Morgan fingerprint density at radius 3 is 1.82 bits per heavy atom. The van der Waals surface area contributed by atoms with Crippen LogP contribution in [0.2, 0.25) is 0 Å². The number of hydrogen-bond acceptors (Lipinski definition) is 14. The second-order valence-electron chi connectivity index (χ2n) is 15.2. The topological polar surface area (TPSA) is 250 Å². The molecule has 1 rings (SSSR count). The van der Waals surface area contributed by atoms with Gasteiger partial charge in [0.25, 0.3) is 0 Å². The summed E-state index contributed by atoms with van der Waals surface area (Å²) >= 11 is 0. The molecule has 0 radical (unpaired) electrons. The van der Waals surface area contributed by atoms with Crippen LogP contribution in [0, 0.1) is 0 Å². The van der Waals surface area contributed by atoms with Gasteiger partial charge in [-0.25, -0.2) is 4.57 Å². The van der Waals surface area contributed by atoms with Gasteiger partial charge in [0.15, 0.2) is 6.10 Å². The highest BCUT2D eigenvalue weighted by Gasteiger charge is 2.51. The van der Waals surface area contributed by atoms with Gasteiger partial charge in [-0.1, -0.05) is 125 Å². The number of rotatable bonds is 34. The molecule has 0 aromatic rings. The van der Waals surface area contributed by atoms with Crippen LogP contribution in [-0.4, -0.2) is 121 Å². The van der Waals surface area contributed by atoms with Gasteiger partial charge in [0, 0.05) is 12.8 Å². The number of esters is 2. The minimum Gasteiger partial charge on any atom is -0.462 e. The van der Waals surface area contributed by atoms with Crippen molar-refractivity contribution in [1.29, 1.82) is 0 Å². The number of ether oxygens (including phenoxy) is 2. The fraction of sp³-hybridized carbons (Fsp3) is 0.689. The lowest BCUT2D eigenvalue weighted by atomic mass is 9.85. The molecule has 350 valence electrons. The van der Waals surface area contributed by atoms with Crippen LogP contribution in [0.25, 0.3) is 0 Å². The van der Waals surface area contributed by atoms with E-state index in [1.807, 2.05) is 6.08 Å². The van der Waals surface area contributed by atoms with Gasteiger partial charge in [-0.3, -0.25) is 18.6 Å². The number of carbonyl (C=O) groups excluding carboxylic acids is 2. The minimum atomic E-state index is -5.18. The fourth-order valence-corrected chi connectivity index (χ4v) is 7.02. The first-order valence-corrected chi connectivity index (χ1v) is 23.5. The average molecular weight is 887 g/mol.